The molecule has 0 fully saturated rings. The van der Waals surface area contributed by atoms with Crippen LogP contribution in [0.25, 0.3) is 0 Å². The number of halogens is 1. The number of hydrogen-bond donors (Lipinski definition) is 3. The fourth-order valence-corrected chi connectivity index (χ4v) is 1.58. The standard InChI is InChI=1S/C10H10ClN5O/c1-5-2-3-13-9(11)7(5)15-10(17)8-6(12)4-14-16-8/h2-4H,12H2,1H3,(H,14,16)(H,15,17). The molecule has 0 saturated carbocycles. The molecule has 17 heavy (non-hydrogen) atoms. The van der Waals surface area contributed by atoms with Crippen LogP contribution in [0.4, 0.5) is 11.4 Å². The smallest absolute Gasteiger partial charge is 0.275 e. The molecule has 0 atom stereocenters. The lowest BCUT2D eigenvalue weighted by molar-refractivity contribution is 0.102. The molecule has 2 rings (SSSR count). The minimum absolute atomic E-state index is 0.198. The van der Waals surface area contributed by atoms with Gasteiger partial charge < -0.3 is 11.1 Å². The van der Waals surface area contributed by atoms with Gasteiger partial charge in [0.15, 0.2) is 5.15 Å². The van der Waals surface area contributed by atoms with Gasteiger partial charge in [0.05, 0.1) is 17.6 Å². The Morgan fingerprint density at radius 2 is 2.35 bits per heavy atom. The summed E-state index contributed by atoms with van der Waals surface area (Å²) in [5.41, 5.74) is 7.33. The zero-order chi connectivity index (χ0) is 12.4. The minimum Gasteiger partial charge on any atom is -0.396 e. The van der Waals surface area contributed by atoms with Gasteiger partial charge in [0.1, 0.15) is 5.69 Å². The molecule has 2 aromatic heterocycles. The number of amides is 1. The Morgan fingerprint density at radius 3 is 2.94 bits per heavy atom. The van der Waals surface area contributed by atoms with Gasteiger partial charge in [0, 0.05) is 6.20 Å². The van der Waals surface area contributed by atoms with Crippen LogP contribution in [0, 0.1) is 6.92 Å². The molecule has 1 amide bonds. The van der Waals surface area contributed by atoms with Gasteiger partial charge in [0.25, 0.3) is 5.91 Å². The van der Waals surface area contributed by atoms with Gasteiger partial charge in [-0.15, -0.1) is 0 Å². The summed E-state index contributed by atoms with van der Waals surface area (Å²) in [6.07, 6.45) is 2.94. The summed E-state index contributed by atoms with van der Waals surface area (Å²) in [5.74, 6) is -0.405. The van der Waals surface area contributed by atoms with Gasteiger partial charge in [-0.05, 0) is 18.6 Å². The largest absolute Gasteiger partial charge is 0.396 e. The number of nitrogen functional groups attached to an aromatic ring is 1. The molecule has 0 aromatic carbocycles. The number of pyridine rings is 1. The summed E-state index contributed by atoms with van der Waals surface area (Å²) in [4.78, 5) is 15.7. The van der Waals surface area contributed by atoms with Gasteiger partial charge >= 0.3 is 0 Å². The van der Waals surface area contributed by atoms with Crippen molar-refractivity contribution in [1.29, 1.82) is 0 Å². The SMILES string of the molecule is Cc1ccnc(Cl)c1NC(=O)c1[nH]ncc1N. The molecule has 0 bridgehead atoms. The van der Waals surface area contributed by atoms with Gasteiger partial charge in [-0.1, -0.05) is 11.6 Å². The van der Waals surface area contributed by atoms with E-state index in [1.165, 1.54) is 6.20 Å². The van der Waals surface area contributed by atoms with Crippen molar-refractivity contribution in [3.8, 4) is 0 Å². The molecule has 0 unspecified atom stereocenters. The molecule has 2 aromatic rings. The molecule has 7 heteroatoms. The Kier molecular flexibility index (Phi) is 2.97. The van der Waals surface area contributed by atoms with Crippen LogP contribution in [0.1, 0.15) is 16.1 Å². The Hall–Kier alpha value is -2.08. The van der Waals surface area contributed by atoms with Crippen LogP contribution in [-0.4, -0.2) is 21.1 Å². The molecule has 4 N–H and O–H groups in total. The lowest BCUT2D eigenvalue weighted by atomic mass is 10.2. The lowest BCUT2D eigenvalue weighted by Gasteiger charge is -2.08. The van der Waals surface area contributed by atoms with Crippen molar-refractivity contribution in [2.24, 2.45) is 0 Å². The minimum atomic E-state index is -0.405. The van der Waals surface area contributed by atoms with E-state index >= 15 is 0 Å². The second kappa shape index (κ2) is 4.42. The van der Waals surface area contributed by atoms with Crippen LogP contribution in [0.2, 0.25) is 5.15 Å². The molecule has 88 valence electrons. The molecule has 6 nitrogen and oxygen atoms in total. The Labute approximate surface area is 102 Å². The predicted molar refractivity (Wildman–Crippen MR) is 64.9 cm³/mol. The van der Waals surface area contributed by atoms with E-state index in [-0.39, 0.29) is 16.5 Å². The van der Waals surface area contributed by atoms with Crippen molar-refractivity contribution in [1.82, 2.24) is 15.2 Å². The van der Waals surface area contributed by atoms with Crippen LogP contribution in [-0.2, 0) is 0 Å². The van der Waals surface area contributed by atoms with E-state index in [9.17, 15) is 4.79 Å². The summed E-state index contributed by atoms with van der Waals surface area (Å²) in [6.45, 7) is 1.82. The van der Waals surface area contributed by atoms with Crippen LogP contribution in [0.5, 0.6) is 0 Å². The number of H-pyrrole nitrogens is 1. The monoisotopic (exact) mass is 251 g/mol. The number of aromatic nitrogens is 3. The number of aromatic amines is 1. The average molecular weight is 252 g/mol. The van der Waals surface area contributed by atoms with Gasteiger partial charge in [-0.2, -0.15) is 5.10 Å². The number of aryl methyl sites for hydroxylation is 1. The number of carbonyl (C=O) groups excluding carboxylic acids is 1. The zero-order valence-corrected chi connectivity index (χ0v) is 9.75. The third kappa shape index (κ3) is 2.21. The van der Waals surface area contributed by atoms with Crippen molar-refractivity contribution in [3.05, 3.63) is 34.9 Å². The molecule has 0 aliphatic rings. The van der Waals surface area contributed by atoms with Crippen LogP contribution < -0.4 is 11.1 Å². The van der Waals surface area contributed by atoms with Crippen molar-refractivity contribution in [2.75, 3.05) is 11.1 Å². The fraction of sp³-hybridized carbons (Fsp3) is 0.100. The highest BCUT2D eigenvalue weighted by atomic mass is 35.5. The lowest BCUT2D eigenvalue weighted by Crippen LogP contribution is -2.15. The number of nitrogens with one attached hydrogen (secondary N) is 2. The highest BCUT2D eigenvalue weighted by Crippen LogP contribution is 2.23. The summed E-state index contributed by atoms with van der Waals surface area (Å²) < 4.78 is 0. The molecule has 0 spiro atoms. The third-order valence-electron chi connectivity index (χ3n) is 2.25. The third-order valence-corrected chi connectivity index (χ3v) is 2.53. The van der Waals surface area contributed by atoms with Gasteiger partial charge in [-0.3, -0.25) is 9.89 Å². The Bertz CT molecular complexity index is 545. The quantitative estimate of drug-likeness (QED) is 0.706. The number of anilines is 2. The number of hydrogen-bond acceptors (Lipinski definition) is 4. The molecule has 0 saturated heterocycles. The van der Waals surface area contributed by atoms with Crippen LogP contribution >= 0.6 is 11.6 Å². The fourth-order valence-electron chi connectivity index (χ4n) is 1.33. The average Bonchev–Trinajstić information content (AvgIpc) is 2.70. The topological polar surface area (TPSA) is 96.7 Å². The molecule has 0 aliphatic carbocycles. The molecule has 0 aliphatic heterocycles. The summed E-state index contributed by atoms with van der Waals surface area (Å²) in [5, 5.41) is 9.05. The maximum Gasteiger partial charge on any atom is 0.275 e. The normalized spacial score (nSPS) is 10.2. The number of nitrogens with two attached hydrogens (primary N) is 1. The second-order valence-electron chi connectivity index (χ2n) is 3.45. The Balaban J connectivity index is 2.28. The van der Waals surface area contributed by atoms with E-state index in [1.807, 2.05) is 6.92 Å². The first kappa shape index (κ1) is 11.4. The Morgan fingerprint density at radius 1 is 1.59 bits per heavy atom. The maximum atomic E-state index is 11.9. The second-order valence-corrected chi connectivity index (χ2v) is 3.81. The van der Waals surface area contributed by atoms with E-state index in [4.69, 9.17) is 17.3 Å². The summed E-state index contributed by atoms with van der Waals surface area (Å²) in [7, 11) is 0. The van der Waals surface area contributed by atoms with E-state index in [2.05, 4.69) is 20.5 Å². The first-order valence-electron chi connectivity index (χ1n) is 4.81. The van der Waals surface area contributed by atoms with E-state index in [1.54, 1.807) is 12.3 Å². The highest BCUT2D eigenvalue weighted by molar-refractivity contribution is 6.32. The van der Waals surface area contributed by atoms with Gasteiger partial charge in [-0.25, -0.2) is 4.98 Å². The molecule has 0 radical (unpaired) electrons. The molecular weight excluding hydrogens is 242 g/mol. The molecule has 2 heterocycles. The number of carbonyl (C=O) groups is 1. The van der Waals surface area contributed by atoms with Crippen LogP contribution in [0.3, 0.4) is 0 Å². The first-order valence-corrected chi connectivity index (χ1v) is 5.18. The number of nitrogens with zero attached hydrogens (tertiary/aromatic N) is 2. The highest BCUT2D eigenvalue weighted by Gasteiger charge is 2.14. The predicted octanol–water partition coefficient (Wildman–Crippen LogP) is 1.60. The zero-order valence-electron chi connectivity index (χ0n) is 8.99. The van der Waals surface area contributed by atoms with Crippen molar-refractivity contribution >= 4 is 28.9 Å². The van der Waals surface area contributed by atoms with E-state index < -0.39 is 5.91 Å². The summed E-state index contributed by atoms with van der Waals surface area (Å²) >= 11 is 5.89. The van der Waals surface area contributed by atoms with Crippen molar-refractivity contribution < 1.29 is 4.79 Å². The van der Waals surface area contributed by atoms with E-state index in [0.29, 0.717) is 5.69 Å². The summed E-state index contributed by atoms with van der Waals surface area (Å²) in [6, 6.07) is 1.75. The van der Waals surface area contributed by atoms with Crippen molar-refractivity contribution in [3.63, 3.8) is 0 Å². The van der Waals surface area contributed by atoms with E-state index in [0.717, 1.165) is 5.56 Å². The molecular formula is C10H10ClN5O. The van der Waals surface area contributed by atoms with Crippen molar-refractivity contribution in [2.45, 2.75) is 6.92 Å². The van der Waals surface area contributed by atoms with Gasteiger partial charge in [0.2, 0.25) is 0 Å². The first-order chi connectivity index (χ1) is 8.09. The van der Waals surface area contributed by atoms with Crippen LogP contribution in [0.15, 0.2) is 18.5 Å². The number of rotatable bonds is 2. The maximum absolute atomic E-state index is 11.9.